The molecule has 2 fully saturated rings. The molecule has 2 aliphatic rings. The molecular weight excluding hydrogens is 468 g/mol. The van der Waals surface area contributed by atoms with E-state index < -0.39 is 17.7 Å². The third-order valence-electron chi connectivity index (χ3n) is 7.19. The van der Waals surface area contributed by atoms with Gasteiger partial charge in [-0.3, -0.25) is 14.5 Å². The number of aliphatic hydroxyl groups is 1. The molecule has 1 unspecified atom stereocenters. The summed E-state index contributed by atoms with van der Waals surface area (Å²) >= 11 is 0. The van der Waals surface area contributed by atoms with Crippen molar-refractivity contribution in [1.29, 1.82) is 0 Å². The normalized spacial score (nSPS) is 18.9. The Balaban J connectivity index is 1.68. The highest BCUT2D eigenvalue weighted by Crippen LogP contribution is 2.44. The average Bonchev–Trinajstić information content (AvgIpc) is 3.55. The van der Waals surface area contributed by atoms with Crippen molar-refractivity contribution in [3.8, 4) is 11.5 Å². The maximum atomic E-state index is 13.5. The molecule has 3 aromatic rings. The van der Waals surface area contributed by atoms with E-state index >= 15 is 0 Å². The van der Waals surface area contributed by atoms with Gasteiger partial charge in [0.25, 0.3) is 11.7 Å². The molecule has 0 radical (unpaired) electrons. The summed E-state index contributed by atoms with van der Waals surface area (Å²) in [4.78, 5) is 30.9. The van der Waals surface area contributed by atoms with Gasteiger partial charge in [-0.05, 0) is 73.4 Å². The molecule has 1 atom stereocenters. The number of ketones is 1. The number of amides is 1. The number of ether oxygens (including phenoxy) is 2. The van der Waals surface area contributed by atoms with Crippen LogP contribution in [0, 0.1) is 6.92 Å². The van der Waals surface area contributed by atoms with Gasteiger partial charge in [-0.25, -0.2) is 0 Å². The number of benzene rings is 3. The fourth-order valence-corrected chi connectivity index (χ4v) is 5.23. The van der Waals surface area contributed by atoms with Gasteiger partial charge in [0.15, 0.2) is 0 Å². The van der Waals surface area contributed by atoms with Crippen LogP contribution in [0.1, 0.15) is 35.6 Å². The Bertz CT molecular complexity index is 1370. The summed E-state index contributed by atoms with van der Waals surface area (Å²) in [5.74, 6) is -0.895. The van der Waals surface area contributed by atoms with E-state index in [1.54, 1.807) is 18.2 Å². The van der Waals surface area contributed by atoms with Gasteiger partial charge in [0.1, 0.15) is 17.3 Å². The molecule has 7 nitrogen and oxygen atoms in total. The maximum absolute atomic E-state index is 13.5. The number of aryl methyl sites for hydroxylation is 1. The molecule has 37 heavy (non-hydrogen) atoms. The number of nitrogens with zero attached hydrogens (tertiary/aromatic N) is 2. The van der Waals surface area contributed by atoms with Gasteiger partial charge >= 0.3 is 0 Å². The third kappa shape index (κ3) is 4.31. The first kappa shape index (κ1) is 24.4. The van der Waals surface area contributed by atoms with Crippen LogP contribution in [-0.4, -0.2) is 44.1 Å². The number of rotatable bonds is 6. The molecule has 0 bridgehead atoms. The zero-order valence-corrected chi connectivity index (χ0v) is 21.2. The fraction of sp³-hybridized carbons (Fsp3) is 0.267. The van der Waals surface area contributed by atoms with Crippen molar-refractivity contribution in [2.75, 3.05) is 37.1 Å². The van der Waals surface area contributed by atoms with E-state index in [1.807, 2.05) is 55.5 Å². The van der Waals surface area contributed by atoms with Crippen molar-refractivity contribution >= 4 is 28.8 Å². The summed E-state index contributed by atoms with van der Waals surface area (Å²) in [6.45, 7) is 3.95. The molecule has 2 aliphatic heterocycles. The third-order valence-corrected chi connectivity index (χ3v) is 7.19. The van der Waals surface area contributed by atoms with E-state index in [-0.39, 0.29) is 16.9 Å². The number of hydrogen-bond acceptors (Lipinski definition) is 6. The highest BCUT2D eigenvalue weighted by molar-refractivity contribution is 6.51. The average molecular weight is 499 g/mol. The topological polar surface area (TPSA) is 79.3 Å². The molecule has 0 aromatic heterocycles. The Morgan fingerprint density at radius 1 is 0.892 bits per heavy atom. The van der Waals surface area contributed by atoms with E-state index in [2.05, 4.69) is 4.90 Å². The summed E-state index contributed by atoms with van der Waals surface area (Å²) in [6.07, 6.45) is 2.33. The number of anilines is 2. The van der Waals surface area contributed by atoms with Crippen LogP contribution in [0.25, 0.3) is 5.76 Å². The first-order chi connectivity index (χ1) is 17.9. The molecule has 5 rings (SSSR count). The molecule has 1 amide bonds. The van der Waals surface area contributed by atoms with E-state index in [0.29, 0.717) is 17.2 Å². The lowest BCUT2D eigenvalue weighted by Gasteiger charge is -2.27. The first-order valence-corrected chi connectivity index (χ1v) is 12.4. The highest BCUT2D eigenvalue weighted by Gasteiger charge is 2.47. The minimum Gasteiger partial charge on any atom is -0.507 e. The summed E-state index contributed by atoms with van der Waals surface area (Å²) in [5.41, 5.74) is 3.63. The van der Waals surface area contributed by atoms with E-state index in [9.17, 15) is 14.7 Å². The summed E-state index contributed by atoms with van der Waals surface area (Å²) < 4.78 is 10.8. The molecule has 7 heteroatoms. The van der Waals surface area contributed by atoms with Crippen LogP contribution < -0.4 is 19.3 Å². The molecule has 2 heterocycles. The van der Waals surface area contributed by atoms with E-state index in [0.717, 1.165) is 42.7 Å². The minimum absolute atomic E-state index is 0.00877. The fourth-order valence-electron chi connectivity index (χ4n) is 5.23. The van der Waals surface area contributed by atoms with Gasteiger partial charge < -0.3 is 19.5 Å². The molecule has 2 saturated heterocycles. The van der Waals surface area contributed by atoms with E-state index in [1.165, 1.54) is 19.1 Å². The quantitative estimate of drug-likeness (QED) is 0.285. The van der Waals surface area contributed by atoms with Crippen LogP contribution in [0.5, 0.6) is 11.5 Å². The first-order valence-electron chi connectivity index (χ1n) is 12.4. The lowest BCUT2D eigenvalue weighted by atomic mass is 9.92. The molecule has 1 N–H and O–H groups in total. The van der Waals surface area contributed by atoms with Crippen LogP contribution in [0.4, 0.5) is 11.4 Å². The van der Waals surface area contributed by atoms with Crippen molar-refractivity contribution in [1.82, 2.24) is 0 Å². The Labute approximate surface area is 216 Å². The zero-order valence-electron chi connectivity index (χ0n) is 21.2. The summed E-state index contributed by atoms with van der Waals surface area (Å²) in [7, 11) is 3.00. The zero-order chi connectivity index (χ0) is 26.1. The number of methoxy groups -OCH3 is 2. The lowest BCUT2D eigenvalue weighted by Crippen LogP contribution is -2.29. The van der Waals surface area contributed by atoms with Crippen LogP contribution in [0.2, 0.25) is 0 Å². The number of hydrogen-bond donors (Lipinski definition) is 1. The predicted octanol–water partition coefficient (Wildman–Crippen LogP) is 5.24. The predicted molar refractivity (Wildman–Crippen MR) is 143 cm³/mol. The van der Waals surface area contributed by atoms with Gasteiger partial charge in [0.2, 0.25) is 0 Å². The molecular formula is C30H30N2O5. The molecule has 3 aromatic carbocycles. The van der Waals surface area contributed by atoms with Crippen molar-refractivity contribution in [3.05, 3.63) is 89.0 Å². The molecule has 0 saturated carbocycles. The largest absolute Gasteiger partial charge is 0.507 e. The standard InChI is InChI=1S/C30H30N2O5/c1-19-8-4-5-9-23(19)27-26(28(33)24-18-22(36-2)14-15-25(24)37-3)29(34)30(35)32(27)21-12-10-20(11-13-21)31-16-6-7-17-31/h4-5,8-15,18,27,33H,6-7,16-17H2,1-3H3/b28-26+. The summed E-state index contributed by atoms with van der Waals surface area (Å²) in [5, 5.41) is 11.6. The van der Waals surface area contributed by atoms with Crippen LogP contribution >= 0.6 is 0 Å². The molecule has 0 spiro atoms. The second kappa shape index (κ2) is 10.0. The van der Waals surface area contributed by atoms with Crippen molar-refractivity contribution in [2.24, 2.45) is 0 Å². The van der Waals surface area contributed by atoms with Gasteiger partial charge in [-0.1, -0.05) is 24.3 Å². The van der Waals surface area contributed by atoms with Crippen molar-refractivity contribution < 1.29 is 24.2 Å². The minimum atomic E-state index is -0.810. The van der Waals surface area contributed by atoms with Gasteiger partial charge in [-0.15, -0.1) is 0 Å². The van der Waals surface area contributed by atoms with Crippen LogP contribution in [0.15, 0.2) is 72.3 Å². The highest BCUT2D eigenvalue weighted by atomic mass is 16.5. The van der Waals surface area contributed by atoms with Gasteiger partial charge in [-0.2, -0.15) is 0 Å². The molecule has 0 aliphatic carbocycles. The number of aliphatic hydroxyl groups excluding tert-OH is 1. The Morgan fingerprint density at radius 2 is 1.57 bits per heavy atom. The number of carbonyl (C=O) groups excluding carboxylic acids is 2. The Hall–Kier alpha value is -4.26. The van der Waals surface area contributed by atoms with Gasteiger partial charge in [0, 0.05) is 24.5 Å². The Morgan fingerprint density at radius 3 is 2.22 bits per heavy atom. The Kier molecular flexibility index (Phi) is 6.61. The monoisotopic (exact) mass is 498 g/mol. The second-order valence-electron chi connectivity index (χ2n) is 9.30. The lowest BCUT2D eigenvalue weighted by molar-refractivity contribution is -0.132. The SMILES string of the molecule is COc1ccc(OC)c(/C(O)=C2\C(=O)C(=O)N(c3ccc(N4CCCC4)cc3)C2c2ccccc2C)c1. The maximum Gasteiger partial charge on any atom is 0.300 e. The van der Waals surface area contributed by atoms with Crippen LogP contribution in [0.3, 0.4) is 0 Å². The number of Topliss-reactive ketones (excluding diaryl/α,β-unsaturated/α-hetero) is 1. The smallest absolute Gasteiger partial charge is 0.300 e. The van der Waals surface area contributed by atoms with Crippen LogP contribution in [-0.2, 0) is 9.59 Å². The van der Waals surface area contributed by atoms with Gasteiger partial charge in [0.05, 0.1) is 31.4 Å². The molecule has 190 valence electrons. The summed E-state index contributed by atoms with van der Waals surface area (Å²) in [6, 6.07) is 19.4. The van der Waals surface area contributed by atoms with Crippen molar-refractivity contribution in [2.45, 2.75) is 25.8 Å². The van der Waals surface area contributed by atoms with E-state index in [4.69, 9.17) is 9.47 Å². The second-order valence-corrected chi connectivity index (χ2v) is 9.30. The number of carbonyl (C=O) groups is 2. The van der Waals surface area contributed by atoms with Crippen molar-refractivity contribution in [3.63, 3.8) is 0 Å².